The zero-order valence-corrected chi connectivity index (χ0v) is 18.4. The van der Waals surface area contributed by atoms with Gasteiger partial charge in [-0.3, -0.25) is 9.69 Å². The Morgan fingerprint density at radius 3 is 2.55 bits per heavy atom. The number of benzene rings is 1. The van der Waals surface area contributed by atoms with E-state index in [0.29, 0.717) is 11.4 Å². The molecule has 154 valence electrons. The zero-order chi connectivity index (χ0) is 20.4. The standard InChI is InChI=1S/C21H26N4O2S2/c1-24(2)21-23-20-18(29-21)11-17(28-20)19(27)22-12-14-3-5-15(6-4-14)13-25-9-7-16(26)8-10-25/h3-6,11,16,26H,7-10,12-13H2,1-2H3,(H,22,27). The van der Waals surface area contributed by atoms with Crippen LogP contribution in [0.4, 0.5) is 5.13 Å². The predicted octanol–water partition coefficient (Wildman–Crippen LogP) is 3.31. The number of aromatic nitrogens is 1. The number of aliphatic hydroxyl groups is 1. The van der Waals surface area contributed by atoms with Crippen LogP contribution in [0.15, 0.2) is 30.3 Å². The summed E-state index contributed by atoms with van der Waals surface area (Å²) in [6.07, 6.45) is 1.58. The third-order valence-corrected chi connectivity index (χ3v) is 7.45. The summed E-state index contributed by atoms with van der Waals surface area (Å²) in [4.78, 5) is 23.0. The van der Waals surface area contributed by atoms with E-state index in [-0.39, 0.29) is 12.0 Å². The molecule has 2 N–H and O–H groups in total. The number of carbonyl (C=O) groups is 1. The van der Waals surface area contributed by atoms with Gasteiger partial charge in [0, 0.05) is 40.3 Å². The topological polar surface area (TPSA) is 68.7 Å². The van der Waals surface area contributed by atoms with Gasteiger partial charge < -0.3 is 15.3 Å². The SMILES string of the molecule is CN(C)c1nc2sc(C(=O)NCc3ccc(CN4CCC(O)CC4)cc3)cc2s1. The number of nitrogens with one attached hydrogen (secondary N) is 1. The lowest BCUT2D eigenvalue weighted by Gasteiger charge is -2.29. The second-order valence-corrected chi connectivity index (χ2v) is 9.72. The fourth-order valence-electron chi connectivity index (χ4n) is 3.39. The first-order valence-corrected chi connectivity index (χ1v) is 11.5. The van der Waals surface area contributed by atoms with Gasteiger partial charge in [-0.25, -0.2) is 4.98 Å². The fraction of sp³-hybridized carbons (Fsp3) is 0.429. The summed E-state index contributed by atoms with van der Waals surface area (Å²) in [6, 6.07) is 10.3. The van der Waals surface area contributed by atoms with Crippen LogP contribution in [0.1, 0.15) is 33.6 Å². The highest BCUT2D eigenvalue weighted by atomic mass is 32.1. The van der Waals surface area contributed by atoms with Crippen LogP contribution < -0.4 is 10.2 Å². The largest absolute Gasteiger partial charge is 0.393 e. The van der Waals surface area contributed by atoms with E-state index in [9.17, 15) is 9.90 Å². The highest BCUT2D eigenvalue weighted by Crippen LogP contribution is 2.33. The van der Waals surface area contributed by atoms with Crippen LogP contribution in [-0.2, 0) is 13.1 Å². The second-order valence-electron chi connectivity index (χ2n) is 7.68. The maximum atomic E-state index is 12.5. The van der Waals surface area contributed by atoms with Crippen LogP contribution in [-0.4, -0.2) is 54.2 Å². The summed E-state index contributed by atoms with van der Waals surface area (Å²) in [6.45, 7) is 3.31. The summed E-state index contributed by atoms with van der Waals surface area (Å²) in [7, 11) is 3.94. The third kappa shape index (κ3) is 4.95. The normalized spacial score (nSPS) is 15.7. The van der Waals surface area contributed by atoms with Crippen molar-refractivity contribution < 1.29 is 9.90 Å². The Morgan fingerprint density at radius 1 is 1.21 bits per heavy atom. The van der Waals surface area contributed by atoms with E-state index in [1.807, 2.05) is 25.1 Å². The van der Waals surface area contributed by atoms with Crippen LogP contribution in [0.2, 0.25) is 0 Å². The lowest BCUT2D eigenvalue weighted by molar-refractivity contribution is 0.0792. The van der Waals surface area contributed by atoms with Crippen molar-refractivity contribution >= 4 is 43.2 Å². The van der Waals surface area contributed by atoms with Crippen molar-refractivity contribution in [3.8, 4) is 0 Å². The first-order chi connectivity index (χ1) is 14.0. The molecule has 3 heterocycles. The Hall–Kier alpha value is -2.00. The van der Waals surface area contributed by atoms with Crippen molar-refractivity contribution in [2.24, 2.45) is 0 Å². The molecule has 6 nitrogen and oxygen atoms in total. The molecule has 0 radical (unpaired) electrons. The molecule has 1 amide bonds. The minimum Gasteiger partial charge on any atom is -0.393 e. The highest BCUT2D eigenvalue weighted by Gasteiger charge is 2.17. The summed E-state index contributed by atoms with van der Waals surface area (Å²) >= 11 is 3.04. The minimum atomic E-state index is -0.137. The molecule has 4 rings (SSSR count). The molecular formula is C21H26N4O2S2. The van der Waals surface area contributed by atoms with Crippen molar-refractivity contribution in [1.82, 2.24) is 15.2 Å². The number of aliphatic hydroxyl groups excluding tert-OH is 1. The van der Waals surface area contributed by atoms with Gasteiger partial charge in [-0.15, -0.1) is 11.3 Å². The van der Waals surface area contributed by atoms with E-state index in [4.69, 9.17) is 0 Å². The van der Waals surface area contributed by atoms with Crippen molar-refractivity contribution in [1.29, 1.82) is 0 Å². The Kier molecular flexibility index (Phi) is 6.15. The summed E-state index contributed by atoms with van der Waals surface area (Å²) in [5.74, 6) is -0.0532. The zero-order valence-electron chi connectivity index (χ0n) is 16.7. The van der Waals surface area contributed by atoms with Crippen LogP contribution in [0.5, 0.6) is 0 Å². The lowest BCUT2D eigenvalue weighted by atomic mass is 10.1. The van der Waals surface area contributed by atoms with E-state index in [0.717, 1.165) is 52.7 Å². The minimum absolute atomic E-state index is 0.0532. The molecule has 1 aliphatic heterocycles. The van der Waals surface area contributed by atoms with Crippen molar-refractivity contribution in [3.05, 3.63) is 46.3 Å². The predicted molar refractivity (Wildman–Crippen MR) is 120 cm³/mol. The number of amides is 1. The second kappa shape index (κ2) is 8.79. The van der Waals surface area contributed by atoms with Gasteiger partial charge in [0.15, 0.2) is 5.13 Å². The summed E-state index contributed by atoms with van der Waals surface area (Å²) < 4.78 is 1.05. The number of rotatable bonds is 6. The quantitative estimate of drug-likeness (QED) is 0.628. The fourth-order valence-corrected chi connectivity index (χ4v) is 5.44. The Morgan fingerprint density at radius 2 is 1.90 bits per heavy atom. The molecule has 0 atom stereocenters. The van der Waals surface area contributed by atoms with Crippen molar-refractivity contribution in [2.45, 2.75) is 32.0 Å². The molecule has 0 unspecified atom stereocenters. The number of fused-ring (bicyclic) bond motifs is 1. The van der Waals surface area contributed by atoms with Crippen LogP contribution in [0.25, 0.3) is 9.53 Å². The first kappa shape index (κ1) is 20.3. The Labute approximate surface area is 178 Å². The number of hydrogen-bond donors (Lipinski definition) is 2. The average Bonchev–Trinajstić information content (AvgIpc) is 3.28. The van der Waals surface area contributed by atoms with Crippen LogP contribution in [0.3, 0.4) is 0 Å². The molecule has 0 spiro atoms. The monoisotopic (exact) mass is 430 g/mol. The molecule has 1 fully saturated rings. The average molecular weight is 431 g/mol. The van der Waals surface area contributed by atoms with Gasteiger partial charge in [-0.1, -0.05) is 35.6 Å². The molecule has 1 aromatic carbocycles. The molecule has 29 heavy (non-hydrogen) atoms. The van der Waals surface area contributed by atoms with Crippen molar-refractivity contribution in [3.63, 3.8) is 0 Å². The molecule has 0 aliphatic carbocycles. The Balaban J connectivity index is 1.30. The molecule has 0 saturated carbocycles. The number of carbonyl (C=O) groups excluding carboxylic acids is 1. The lowest BCUT2D eigenvalue weighted by Crippen LogP contribution is -2.35. The molecule has 1 aliphatic rings. The van der Waals surface area contributed by atoms with Gasteiger partial charge in [0.05, 0.1) is 15.7 Å². The van der Waals surface area contributed by atoms with Gasteiger partial charge in [-0.05, 0) is 30.0 Å². The first-order valence-electron chi connectivity index (χ1n) is 9.82. The summed E-state index contributed by atoms with van der Waals surface area (Å²) in [5.41, 5.74) is 2.35. The van der Waals surface area contributed by atoms with Gasteiger partial charge in [0.1, 0.15) is 4.83 Å². The molecule has 2 aromatic heterocycles. The van der Waals surface area contributed by atoms with Gasteiger partial charge in [-0.2, -0.15) is 0 Å². The van der Waals surface area contributed by atoms with Crippen LogP contribution >= 0.6 is 22.7 Å². The highest BCUT2D eigenvalue weighted by molar-refractivity contribution is 7.29. The van der Waals surface area contributed by atoms with Crippen LogP contribution in [0, 0.1) is 0 Å². The maximum Gasteiger partial charge on any atom is 0.261 e. The molecule has 3 aromatic rings. The van der Waals surface area contributed by atoms with E-state index >= 15 is 0 Å². The van der Waals surface area contributed by atoms with Crippen molar-refractivity contribution in [2.75, 3.05) is 32.1 Å². The maximum absolute atomic E-state index is 12.5. The smallest absolute Gasteiger partial charge is 0.261 e. The van der Waals surface area contributed by atoms with E-state index in [2.05, 4.69) is 39.5 Å². The number of hydrogen-bond acceptors (Lipinski definition) is 7. The van der Waals surface area contributed by atoms with E-state index in [1.165, 1.54) is 16.9 Å². The number of thiophene rings is 1. The van der Waals surface area contributed by atoms with E-state index in [1.54, 1.807) is 11.3 Å². The molecule has 8 heteroatoms. The summed E-state index contributed by atoms with van der Waals surface area (Å²) in [5, 5.41) is 13.6. The number of anilines is 1. The number of nitrogens with zero attached hydrogens (tertiary/aromatic N) is 3. The molecular weight excluding hydrogens is 404 g/mol. The van der Waals surface area contributed by atoms with E-state index < -0.39 is 0 Å². The number of likely N-dealkylation sites (tertiary alicyclic amines) is 1. The van der Waals surface area contributed by atoms with Gasteiger partial charge in [0.25, 0.3) is 5.91 Å². The van der Waals surface area contributed by atoms with Gasteiger partial charge >= 0.3 is 0 Å². The third-order valence-electron chi connectivity index (χ3n) is 5.12. The molecule has 0 bridgehead atoms. The Bertz CT molecular complexity index is 941. The van der Waals surface area contributed by atoms with Gasteiger partial charge in [0.2, 0.25) is 0 Å². The number of thiazole rings is 1. The number of piperidine rings is 1. The molecule has 1 saturated heterocycles.